The van der Waals surface area contributed by atoms with Crippen LogP contribution in [-0.4, -0.2) is 36.0 Å². The zero-order valence-corrected chi connectivity index (χ0v) is 5.21. The highest BCUT2D eigenvalue weighted by atomic mass is 19.1. The lowest BCUT2D eigenvalue weighted by Gasteiger charge is -2.17. The molecule has 0 bridgehead atoms. The Balaban J connectivity index is 2.75. The van der Waals surface area contributed by atoms with Crippen LogP contribution in [0.25, 0.3) is 0 Å². The number of carboxylic acid groups (broad SMARTS) is 1. The van der Waals surface area contributed by atoms with Crippen molar-refractivity contribution < 1.29 is 19.0 Å². The van der Waals surface area contributed by atoms with E-state index < -0.39 is 17.7 Å². The van der Waals surface area contributed by atoms with Crippen LogP contribution in [0.2, 0.25) is 0 Å². The highest BCUT2D eigenvalue weighted by Crippen LogP contribution is 2.19. The summed E-state index contributed by atoms with van der Waals surface area (Å²) < 4.78 is 17.1. The normalized spacial score (nSPS) is 40.0. The molecule has 0 aromatic rings. The molecule has 0 aromatic carbocycles. The van der Waals surface area contributed by atoms with Crippen LogP contribution in [0.1, 0.15) is 0 Å². The first-order valence-electron chi connectivity index (χ1n) is 2.81. The number of rotatable bonds is 1. The Morgan fingerprint density at radius 1 is 1.90 bits per heavy atom. The Morgan fingerprint density at radius 2 is 2.50 bits per heavy atom. The molecule has 0 spiro atoms. The standard InChI is InChI=1S/C5H8FNO3/c6-3-1-10-2-5(3,7)4(8)9/h3H,1-2,7H2,(H,8,9). The van der Waals surface area contributed by atoms with E-state index in [-0.39, 0.29) is 13.2 Å². The largest absolute Gasteiger partial charge is 0.480 e. The van der Waals surface area contributed by atoms with E-state index in [1.807, 2.05) is 0 Å². The molecular formula is C5H8FNO3. The zero-order chi connectivity index (χ0) is 7.78. The fourth-order valence-electron chi connectivity index (χ4n) is 0.766. The molecule has 4 nitrogen and oxygen atoms in total. The molecule has 3 N–H and O–H groups in total. The number of alkyl halides is 1. The summed E-state index contributed by atoms with van der Waals surface area (Å²) in [6.45, 7) is -0.466. The molecule has 2 atom stereocenters. The van der Waals surface area contributed by atoms with Crippen LogP contribution in [0.4, 0.5) is 4.39 Å². The van der Waals surface area contributed by atoms with Crippen molar-refractivity contribution in [1.29, 1.82) is 0 Å². The highest BCUT2D eigenvalue weighted by Gasteiger charge is 2.48. The number of ether oxygens (including phenoxy) is 1. The Kier molecular flexibility index (Phi) is 1.61. The number of hydrogen-bond acceptors (Lipinski definition) is 3. The molecule has 0 radical (unpaired) electrons. The molecule has 0 saturated carbocycles. The number of carboxylic acids is 1. The van der Waals surface area contributed by atoms with Gasteiger partial charge in [0.1, 0.15) is 0 Å². The van der Waals surface area contributed by atoms with Gasteiger partial charge in [-0.1, -0.05) is 0 Å². The third-order valence-corrected chi connectivity index (χ3v) is 1.56. The monoisotopic (exact) mass is 149 g/mol. The smallest absolute Gasteiger partial charge is 0.329 e. The van der Waals surface area contributed by atoms with Crippen molar-refractivity contribution in [1.82, 2.24) is 0 Å². The molecule has 10 heavy (non-hydrogen) atoms. The van der Waals surface area contributed by atoms with Crippen molar-refractivity contribution in [3.8, 4) is 0 Å². The Labute approximate surface area is 56.8 Å². The molecule has 1 saturated heterocycles. The summed E-state index contributed by atoms with van der Waals surface area (Å²) in [5.74, 6) is -1.35. The van der Waals surface area contributed by atoms with Crippen LogP contribution < -0.4 is 5.73 Å². The Hall–Kier alpha value is -0.680. The van der Waals surface area contributed by atoms with E-state index in [0.29, 0.717) is 0 Å². The van der Waals surface area contributed by atoms with Gasteiger partial charge < -0.3 is 15.6 Å². The molecule has 0 aromatic heterocycles. The van der Waals surface area contributed by atoms with Crippen molar-refractivity contribution in [2.45, 2.75) is 11.7 Å². The first kappa shape index (κ1) is 7.43. The summed E-state index contributed by atoms with van der Waals surface area (Å²) >= 11 is 0. The third-order valence-electron chi connectivity index (χ3n) is 1.56. The molecule has 1 heterocycles. The predicted octanol–water partition coefficient (Wildman–Crippen LogP) is -0.863. The fraction of sp³-hybridized carbons (Fsp3) is 0.800. The van der Waals surface area contributed by atoms with E-state index in [0.717, 1.165) is 0 Å². The summed E-state index contributed by atoms with van der Waals surface area (Å²) in [4.78, 5) is 10.3. The Bertz CT molecular complexity index is 163. The second-order valence-electron chi connectivity index (χ2n) is 2.33. The van der Waals surface area contributed by atoms with Gasteiger partial charge in [-0.15, -0.1) is 0 Å². The number of carbonyl (C=O) groups is 1. The molecule has 2 unspecified atom stereocenters. The van der Waals surface area contributed by atoms with Crippen molar-refractivity contribution in [3.05, 3.63) is 0 Å². The van der Waals surface area contributed by atoms with E-state index in [9.17, 15) is 9.18 Å². The van der Waals surface area contributed by atoms with E-state index in [1.165, 1.54) is 0 Å². The third kappa shape index (κ3) is 0.871. The molecule has 5 heteroatoms. The van der Waals surface area contributed by atoms with Gasteiger partial charge in [0.25, 0.3) is 0 Å². The second-order valence-corrected chi connectivity index (χ2v) is 2.33. The van der Waals surface area contributed by atoms with Gasteiger partial charge in [0, 0.05) is 0 Å². The molecule has 1 aliphatic rings. The summed E-state index contributed by atoms with van der Waals surface area (Å²) in [6.07, 6.45) is -1.59. The minimum Gasteiger partial charge on any atom is -0.480 e. The second kappa shape index (κ2) is 2.17. The zero-order valence-electron chi connectivity index (χ0n) is 5.21. The first-order chi connectivity index (χ1) is 4.57. The van der Waals surface area contributed by atoms with Gasteiger partial charge in [-0.2, -0.15) is 0 Å². The minimum absolute atomic E-state index is 0.219. The van der Waals surface area contributed by atoms with Gasteiger partial charge in [-0.25, -0.2) is 4.39 Å². The van der Waals surface area contributed by atoms with Crippen LogP contribution in [0.3, 0.4) is 0 Å². The van der Waals surface area contributed by atoms with E-state index in [2.05, 4.69) is 4.74 Å². The van der Waals surface area contributed by atoms with Gasteiger partial charge in [0.15, 0.2) is 11.7 Å². The van der Waals surface area contributed by atoms with Crippen LogP contribution in [0.15, 0.2) is 0 Å². The molecule has 1 aliphatic heterocycles. The fourth-order valence-corrected chi connectivity index (χ4v) is 0.766. The van der Waals surface area contributed by atoms with Gasteiger partial charge in [-0.3, -0.25) is 4.79 Å². The van der Waals surface area contributed by atoms with Gasteiger partial charge in [-0.05, 0) is 0 Å². The predicted molar refractivity (Wildman–Crippen MR) is 30.3 cm³/mol. The maximum absolute atomic E-state index is 12.6. The maximum atomic E-state index is 12.6. The van der Waals surface area contributed by atoms with Crippen LogP contribution in [0, 0.1) is 0 Å². The highest BCUT2D eigenvalue weighted by molar-refractivity contribution is 5.80. The molecule has 0 amide bonds. The number of nitrogens with two attached hydrogens (primary N) is 1. The molecule has 0 aliphatic carbocycles. The van der Waals surface area contributed by atoms with E-state index in [4.69, 9.17) is 10.8 Å². The molecular weight excluding hydrogens is 141 g/mol. The number of halogens is 1. The minimum atomic E-state index is -1.82. The molecule has 1 rings (SSSR count). The number of aliphatic carboxylic acids is 1. The van der Waals surface area contributed by atoms with Crippen LogP contribution in [-0.2, 0) is 9.53 Å². The quantitative estimate of drug-likeness (QED) is 0.508. The lowest BCUT2D eigenvalue weighted by atomic mass is 9.99. The number of hydrogen-bond donors (Lipinski definition) is 2. The van der Waals surface area contributed by atoms with Crippen LogP contribution in [0.5, 0.6) is 0 Å². The SMILES string of the molecule is NC1(C(=O)O)COCC1F. The topological polar surface area (TPSA) is 72.6 Å². The molecule has 1 fully saturated rings. The van der Waals surface area contributed by atoms with E-state index in [1.54, 1.807) is 0 Å². The first-order valence-corrected chi connectivity index (χ1v) is 2.81. The van der Waals surface area contributed by atoms with E-state index >= 15 is 0 Å². The van der Waals surface area contributed by atoms with Gasteiger partial charge in [0.2, 0.25) is 0 Å². The molecule has 58 valence electrons. The average molecular weight is 149 g/mol. The lowest BCUT2D eigenvalue weighted by Crippen LogP contribution is -2.55. The van der Waals surface area contributed by atoms with Gasteiger partial charge >= 0.3 is 5.97 Å². The van der Waals surface area contributed by atoms with Crippen molar-refractivity contribution in [2.75, 3.05) is 13.2 Å². The maximum Gasteiger partial charge on any atom is 0.329 e. The van der Waals surface area contributed by atoms with Gasteiger partial charge in [0.05, 0.1) is 13.2 Å². The Morgan fingerprint density at radius 3 is 2.70 bits per heavy atom. The van der Waals surface area contributed by atoms with Crippen LogP contribution >= 0.6 is 0 Å². The summed E-state index contributed by atoms with van der Waals surface area (Å²) in [5, 5.41) is 8.40. The van der Waals surface area contributed by atoms with Crippen molar-refractivity contribution >= 4 is 5.97 Å². The van der Waals surface area contributed by atoms with Crippen molar-refractivity contribution in [3.63, 3.8) is 0 Å². The summed E-state index contributed by atoms with van der Waals surface area (Å²) in [6, 6.07) is 0. The average Bonchev–Trinajstić information content (AvgIpc) is 2.15. The van der Waals surface area contributed by atoms with Crippen molar-refractivity contribution in [2.24, 2.45) is 5.73 Å². The lowest BCUT2D eigenvalue weighted by molar-refractivity contribution is -0.144. The summed E-state index contributed by atoms with van der Waals surface area (Å²) in [5.41, 5.74) is 3.33. The summed E-state index contributed by atoms with van der Waals surface area (Å²) in [7, 11) is 0.